The van der Waals surface area contributed by atoms with Crippen LogP contribution >= 0.6 is 11.8 Å². The quantitative estimate of drug-likeness (QED) is 0.756. The molecule has 3 nitrogen and oxygen atoms in total. The van der Waals surface area contributed by atoms with Crippen molar-refractivity contribution in [3.05, 3.63) is 34.9 Å². The van der Waals surface area contributed by atoms with E-state index in [0.717, 1.165) is 11.8 Å². The molecule has 106 valence electrons. The molecule has 6 heteroatoms. The Bertz CT molecular complexity index is 441. The van der Waals surface area contributed by atoms with E-state index in [1.54, 1.807) is 11.8 Å². The van der Waals surface area contributed by atoms with E-state index in [9.17, 15) is 13.6 Å². The van der Waals surface area contributed by atoms with Gasteiger partial charge in [-0.2, -0.15) is 11.8 Å². The molecule has 0 heterocycles. The summed E-state index contributed by atoms with van der Waals surface area (Å²) in [5.74, 6) is -0.971. The van der Waals surface area contributed by atoms with Crippen LogP contribution in [0, 0.1) is 18.6 Å². The zero-order chi connectivity index (χ0) is 14.3. The third-order valence-corrected chi connectivity index (χ3v) is 3.56. The van der Waals surface area contributed by atoms with Crippen LogP contribution in [0.4, 0.5) is 8.78 Å². The molecule has 1 aromatic rings. The average molecular weight is 289 g/mol. The minimum atomic E-state index is -0.853. The lowest BCUT2D eigenvalue weighted by Crippen LogP contribution is -2.28. The Labute approximate surface area is 115 Å². The van der Waals surface area contributed by atoms with E-state index in [4.69, 9.17) is 5.11 Å². The molecule has 19 heavy (non-hydrogen) atoms. The van der Waals surface area contributed by atoms with E-state index in [2.05, 4.69) is 5.32 Å². The van der Waals surface area contributed by atoms with E-state index >= 15 is 0 Å². The molecule has 1 amide bonds. The zero-order valence-electron chi connectivity index (χ0n) is 10.7. The van der Waals surface area contributed by atoms with Gasteiger partial charge in [-0.1, -0.05) is 6.07 Å². The van der Waals surface area contributed by atoms with Crippen LogP contribution in [-0.2, 0) is 0 Å². The summed E-state index contributed by atoms with van der Waals surface area (Å²) in [7, 11) is 0. The highest BCUT2D eigenvalue weighted by Crippen LogP contribution is 2.16. The highest BCUT2D eigenvalue weighted by molar-refractivity contribution is 7.99. The molecule has 0 aliphatic rings. The highest BCUT2D eigenvalue weighted by atomic mass is 32.2. The lowest BCUT2D eigenvalue weighted by Gasteiger charge is -2.08. The van der Waals surface area contributed by atoms with Gasteiger partial charge in [0.1, 0.15) is 17.2 Å². The average Bonchev–Trinajstić information content (AvgIpc) is 2.38. The molecular formula is C13H17F2NO2S. The molecule has 0 bridgehead atoms. The fourth-order valence-corrected chi connectivity index (χ4v) is 2.24. The number of halogens is 2. The highest BCUT2D eigenvalue weighted by Gasteiger charge is 2.18. The van der Waals surface area contributed by atoms with Crippen LogP contribution in [0.1, 0.15) is 22.3 Å². The molecule has 1 rings (SSSR count). The summed E-state index contributed by atoms with van der Waals surface area (Å²) in [5.41, 5.74) is -0.288. The van der Waals surface area contributed by atoms with Gasteiger partial charge in [-0.15, -0.1) is 0 Å². The van der Waals surface area contributed by atoms with Crippen molar-refractivity contribution >= 4 is 17.7 Å². The van der Waals surface area contributed by atoms with Crippen molar-refractivity contribution in [1.82, 2.24) is 5.32 Å². The van der Waals surface area contributed by atoms with E-state index in [0.29, 0.717) is 18.7 Å². The Morgan fingerprint density at radius 1 is 1.37 bits per heavy atom. The molecule has 0 saturated heterocycles. The number of carbonyl (C=O) groups is 1. The molecular weight excluding hydrogens is 272 g/mol. The maximum absolute atomic E-state index is 13.7. The molecule has 0 unspecified atom stereocenters. The van der Waals surface area contributed by atoms with Crippen molar-refractivity contribution in [3.63, 3.8) is 0 Å². The van der Waals surface area contributed by atoms with Crippen LogP contribution in [0.3, 0.4) is 0 Å². The van der Waals surface area contributed by atoms with Crippen molar-refractivity contribution in [3.8, 4) is 0 Å². The molecule has 0 saturated carbocycles. The summed E-state index contributed by atoms with van der Waals surface area (Å²) in [4.78, 5) is 11.7. The Kier molecular flexibility index (Phi) is 6.80. The second-order valence-corrected chi connectivity index (χ2v) is 5.22. The Morgan fingerprint density at radius 3 is 2.79 bits per heavy atom. The lowest BCUT2D eigenvalue weighted by molar-refractivity contribution is 0.0947. The van der Waals surface area contributed by atoms with Gasteiger partial charge >= 0.3 is 0 Å². The molecule has 0 fully saturated rings. The number of aryl methyl sites for hydroxylation is 1. The van der Waals surface area contributed by atoms with Crippen molar-refractivity contribution in [2.75, 3.05) is 24.7 Å². The van der Waals surface area contributed by atoms with Gasteiger partial charge in [0.05, 0.1) is 0 Å². The summed E-state index contributed by atoms with van der Waals surface area (Å²) < 4.78 is 27.1. The second kappa shape index (κ2) is 8.12. The van der Waals surface area contributed by atoms with Crippen LogP contribution in [-0.4, -0.2) is 35.7 Å². The largest absolute Gasteiger partial charge is 0.396 e. The second-order valence-electron chi connectivity index (χ2n) is 4.00. The van der Waals surface area contributed by atoms with Crippen LogP contribution in [0.15, 0.2) is 12.1 Å². The predicted octanol–water partition coefficient (Wildman–Crippen LogP) is 2.12. The molecule has 1 aromatic carbocycles. The fourth-order valence-electron chi connectivity index (χ4n) is 1.46. The van der Waals surface area contributed by atoms with E-state index in [1.165, 1.54) is 13.0 Å². The summed E-state index contributed by atoms with van der Waals surface area (Å²) >= 11 is 1.56. The van der Waals surface area contributed by atoms with Crippen molar-refractivity contribution < 1.29 is 18.7 Å². The Balaban J connectivity index is 2.48. The molecule has 0 aliphatic carbocycles. The number of carbonyl (C=O) groups excluding carboxylic acids is 1. The summed E-state index contributed by atoms with van der Waals surface area (Å²) in [5, 5.41) is 11.1. The maximum Gasteiger partial charge on any atom is 0.257 e. The molecule has 0 spiro atoms. The number of aliphatic hydroxyl groups excluding tert-OH is 1. The third kappa shape index (κ3) is 4.80. The first-order valence-electron chi connectivity index (χ1n) is 5.99. The number of rotatable bonds is 7. The van der Waals surface area contributed by atoms with Crippen molar-refractivity contribution in [2.45, 2.75) is 13.3 Å². The number of amides is 1. The van der Waals surface area contributed by atoms with Crippen molar-refractivity contribution in [1.29, 1.82) is 0 Å². The monoisotopic (exact) mass is 289 g/mol. The predicted molar refractivity (Wildman–Crippen MR) is 72.5 cm³/mol. The van der Waals surface area contributed by atoms with Crippen LogP contribution in [0.25, 0.3) is 0 Å². The Hall–Kier alpha value is -1.14. The molecule has 0 aromatic heterocycles. The van der Waals surface area contributed by atoms with E-state index < -0.39 is 23.1 Å². The van der Waals surface area contributed by atoms with Crippen molar-refractivity contribution in [2.24, 2.45) is 0 Å². The molecule has 2 N–H and O–H groups in total. The van der Waals surface area contributed by atoms with Gasteiger partial charge in [0.25, 0.3) is 5.91 Å². The summed E-state index contributed by atoms with van der Waals surface area (Å²) in [6, 6.07) is 2.38. The minimum Gasteiger partial charge on any atom is -0.396 e. The van der Waals surface area contributed by atoms with E-state index in [-0.39, 0.29) is 12.2 Å². The third-order valence-electron chi connectivity index (χ3n) is 2.49. The van der Waals surface area contributed by atoms with Gasteiger partial charge in [0.2, 0.25) is 0 Å². The van der Waals surface area contributed by atoms with Gasteiger partial charge < -0.3 is 10.4 Å². The first-order chi connectivity index (χ1) is 9.07. The van der Waals surface area contributed by atoms with Gasteiger partial charge in [-0.05, 0) is 30.7 Å². The van der Waals surface area contributed by atoms with Gasteiger partial charge in [0, 0.05) is 18.9 Å². The standard InChI is InChI=1S/C13H17F2NO2S/c1-9-3-4-10(14)11(12(9)15)13(18)16-5-8-19-7-2-6-17/h3-4,17H,2,5-8H2,1H3,(H,16,18). The first-order valence-corrected chi connectivity index (χ1v) is 7.14. The number of aliphatic hydroxyl groups is 1. The van der Waals surface area contributed by atoms with Crippen LogP contribution < -0.4 is 5.32 Å². The summed E-state index contributed by atoms with van der Waals surface area (Å²) in [6.07, 6.45) is 0.694. The van der Waals surface area contributed by atoms with Crippen LogP contribution in [0.5, 0.6) is 0 Å². The zero-order valence-corrected chi connectivity index (χ0v) is 11.5. The lowest BCUT2D eigenvalue weighted by atomic mass is 10.1. The van der Waals surface area contributed by atoms with Gasteiger partial charge in [0.15, 0.2) is 0 Å². The van der Waals surface area contributed by atoms with E-state index in [1.807, 2.05) is 0 Å². The number of hydrogen-bond acceptors (Lipinski definition) is 3. The number of hydrogen-bond donors (Lipinski definition) is 2. The van der Waals surface area contributed by atoms with Gasteiger partial charge in [-0.25, -0.2) is 8.78 Å². The number of benzene rings is 1. The minimum absolute atomic E-state index is 0.138. The molecule has 0 atom stereocenters. The Morgan fingerprint density at radius 2 is 2.11 bits per heavy atom. The van der Waals surface area contributed by atoms with Gasteiger partial charge in [-0.3, -0.25) is 4.79 Å². The maximum atomic E-state index is 13.7. The molecule has 0 radical (unpaired) electrons. The topological polar surface area (TPSA) is 49.3 Å². The SMILES string of the molecule is Cc1ccc(F)c(C(=O)NCCSCCCO)c1F. The summed E-state index contributed by atoms with van der Waals surface area (Å²) in [6.45, 7) is 1.96. The molecule has 0 aliphatic heterocycles. The normalized spacial score (nSPS) is 10.5. The fraction of sp³-hybridized carbons (Fsp3) is 0.462. The smallest absolute Gasteiger partial charge is 0.257 e. The number of thioether (sulfide) groups is 1. The van der Waals surface area contributed by atoms with Crippen LogP contribution in [0.2, 0.25) is 0 Å². The first kappa shape index (κ1) is 15.9. The number of nitrogens with one attached hydrogen (secondary N) is 1.